The summed E-state index contributed by atoms with van der Waals surface area (Å²) in [6.07, 6.45) is 1.36. The fraction of sp³-hybridized carbons (Fsp3) is 0.0909. The average Bonchev–Trinajstić information content (AvgIpc) is 2.83. The number of rotatable bonds is 10. The number of hydrogen-bond acceptors (Lipinski definition) is 9. The number of nitrogens with one attached hydrogen (secondary N) is 1. The maximum absolute atomic E-state index is 11.3. The van der Waals surface area contributed by atoms with Crippen LogP contribution in [0, 0.1) is 20.2 Å². The molecule has 0 bridgehead atoms. The fourth-order valence-electron chi connectivity index (χ4n) is 2.90. The molecule has 12 nitrogen and oxygen atoms in total. The predicted octanol–water partition coefficient (Wildman–Crippen LogP) is 4.23. The van der Waals surface area contributed by atoms with Gasteiger partial charge in [0.15, 0.2) is 11.5 Å². The number of carboxylic acids is 1. The minimum Gasteiger partial charge on any atom is -0.493 e. The van der Waals surface area contributed by atoms with Crippen molar-refractivity contribution in [2.75, 3.05) is 12.5 Å². The number of aromatic carboxylic acids is 1. The van der Waals surface area contributed by atoms with Crippen molar-refractivity contribution >= 4 is 29.2 Å². The highest BCUT2D eigenvalue weighted by molar-refractivity contribution is 5.87. The van der Waals surface area contributed by atoms with E-state index < -0.39 is 27.2 Å². The summed E-state index contributed by atoms with van der Waals surface area (Å²) in [5, 5.41) is 35.1. The van der Waals surface area contributed by atoms with E-state index in [0.29, 0.717) is 17.1 Å². The Kier molecular flexibility index (Phi) is 7.34. The normalized spacial score (nSPS) is 10.6. The van der Waals surface area contributed by atoms with E-state index in [4.69, 9.17) is 14.6 Å². The number of benzene rings is 3. The van der Waals surface area contributed by atoms with Gasteiger partial charge >= 0.3 is 11.7 Å². The molecule has 0 aromatic heterocycles. The van der Waals surface area contributed by atoms with E-state index in [2.05, 4.69) is 10.5 Å². The first-order chi connectivity index (χ1) is 16.3. The SMILES string of the molecule is COc1cccc(/C=N\Nc2ccc([N+](=O)[O-])cc2[N+](=O)[O-])c1OCc1ccc(C(=O)O)cc1. The average molecular weight is 466 g/mol. The van der Waals surface area contributed by atoms with Crippen molar-refractivity contribution in [3.63, 3.8) is 0 Å². The van der Waals surface area contributed by atoms with E-state index in [9.17, 15) is 25.0 Å². The lowest BCUT2D eigenvalue weighted by Gasteiger charge is -2.13. The molecule has 0 saturated heterocycles. The Morgan fingerprint density at radius 2 is 1.82 bits per heavy atom. The molecule has 3 aromatic rings. The number of nitrogens with zero attached hydrogens (tertiary/aromatic N) is 3. The minimum atomic E-state index is -1.03. The molecule has 0 radical (unpaired) electrons. The molecule has 174 valence electrons. The lowest BCUT2D eigenvalue weighted by atomic mass is 10.1. The number of non-ortho nitro benzene ring substituents is 1. The maximum atomic E-state index is 11.3. The molecule has 0 fully saturated rings. The molecule has 3 aromatic carbocycles. The third-order valence-electron chi connectivity index (χ3n) is 4.59. The summed E-state index contributed by atoms with van der Waals surface area (Å²) in [5.74, 6) is -0.278. The van der Waals surface area contributed by atoms with Crippen LogP contribution in [-0.2, 0) is 6.61 Å². The van der Waals surface area contributed by atoms with E-state index >= 15 is 0 Å². The van der Waals surface area contributed by atoms with Gasteiger partial charge in [-0.2, -0.15) is 5.10 Å². The summed E-state index contributed by atoms with van der Waals surface area (Å²) in [6.45, 7) is 0.113. The van der Waals surface area contributed by atoms with Crippen LogP contribution in [0.4, 0.5) is 17.1 Å². The number of para-hydroxylation sites is 1. The summed E-state index contributed by atoms with van der Waals surface area (Å²) in [7, 11) is 1.46. The summed E-state index contributed by atoms with van der Waals surface area (Å²) < 4.78 is 11.2. The largest absolute Gasteiger partial charge is 0.493 e. The van der Waals surface area contributed by atoms with Crippen LogP contribution in [0.15, 0.2) is 65.8 Å². The zero-order valence-electron chi connectivity index (χ0n) is 17.7. The molecule has 12 heteroatoms. The van der Waals surface area contributed by atoms with Gasteiger partial charge in [-0.1, -0.05) is 18.2 Å². The number of carboxylic acid groups (broad SMARTS) is 1. The summed E-state index contributed by atoms with van der Waals surface area (Å²) in [6, 6.07) is 14.4. The molecule has 0 aliphatic carbocycles. The second-order valence-electron chi connectivity index (χ2n) is 6.76. The number of anilines is 1. The zero-order valence-corrected chi connectivity index (χ0v) is 17.7. The molecule has 0 amide bonds. The molecule has 0 aliphatic heterocycles. The molecular weight excluding hydrogens is 448 g/mol. The number of hydrogen-bond donors (Lipinski definition) is 2. The molecule has 0 heterocycles. The van der Waals surface area contributed by atoms with Crippen molar-refractivity contribution in [2.24, 2.45) is 5.10 Å². The van der Waals surface area contributed by atoms with E-state index in [1.54, 1.807) is 30.3 Å². The zero-order chi connectivity index (χ0) is 24.7. The lowest BCUT2D eigenvalue weighted by Crippen LogP contribution is -2.03. The summed E-state index contributed by atoms with van der Waals surface area (Å²) in [5.41, 5.74) is 2.93. The first-order valence-electron chi connectivity index (χ1n) is 9.64. The van der Waals surface area contributed by atoms with Crippen molar-refractivity contribution in [1.82, 2.24) is 0 Å². The Morgan fingerprint density at radius 1 is 1.09 bits per heavy atom. The highest BCUT2D eigenvalue weighted by Gasteiger charge is 2.19. The Morgan fingerprint density at radius 3 is 2.44 bits per heavy atom. The number of nitro benzene ring substituents is 2. The van der Waals surface area contributed by atoms with Gasteiger partial charge in [0.1, 0.15) is 12.3 Å². The van der Waals surface area contributed by atoms with Crippen LogP contribution in [0.3, 0.4) is 0 Å². The molecule has 0 saturated carbocycles. The predicted molar refractivity (Wildman–Crippen MR) is 122 cm³/mol. The van der Waals surface area contributed by atoms with Gasteiger partial charge < -0.3 is 14.6 Å². The van der Waals surface area contributed by atoms with Crippen LogP contribution in [-0.4, -0.2) is 34.2 Å². The van der Waals surface area contributed by atoms with Gasteiger partial charge in [-0.15, -0.1) is 0 Å². The van der Waals surface area contributed by atoms with E-state index in [1.165, 1.54) is 31.5 Å². The molecule has 3 rings (SSSR count). The van der Waals surface area contributed by atoms with Gasteiger partial charge in [-0.05, 0) is 35.9 Å². The van der Waals surface area contributed by atoms with Gasteiger partial charge in [0.25, 0.3) is 5.69 Å². The minimum absolute atomic E-state index is 0.0317. The number of methoxy groups -OCH3 is 1. The van der Waals surface area contributed by atoms with Gasteiger partial charge in [0.2, 0.25) is 0 Å². The quantitative estimate of drug-likeness (QED) is 0.252. The van der Waals surface area contributed by atoms with Gasteiger partial charge in [-0.3, -0.25) is 25.7 Å². The van der Waals surface area contributed by atoms with Crippen molar-refractivity contribution in [3.8, 4) is 11.5 Å². The van der Waals surface area contributed by atoms with E-state index in [1.807, 2.05) is 0 Å². The highest BCUT2D eigenvalue weighted by atomic mass is 16.6. The van der Waals surface area contributed by atoms with Crippen LogP contribution in [0.25, 0.3) is 0 Å². The second kappa shape index (κ2) is 10.5. The third kappa shape index (κ3) is 5.62. The topological polar surface area (TPSA) is 166 Å². The molecule has 2 N–H and O–H groups in total. The van der Waals surface area contributed by atoms with Crippen molar-refractivity contribution in [1.29, 1.82) is 0 Å². The van der Waals surface area contributed by atoms with Crippen LogP contribution in [0.2, 0.25) is 0 Å². The summed E-state index contributed by atoms with van der Waals surface area (Å²) in [4.78, 5) is 31.7. The maximum Gasteiger partial charge on any atom is 0.335 e. The molecule has 0 spiro atoms. The first kappa shape index (κ1) is 23.7. The van der Waals surface area contributed by atoms with Gasteiger partial charge in [0.05, 0.1) is 34.8 Å². The van der Waals surface area contributed by atoms with Crippen LogP contribution in [0.1, 0.15) is 21.5 Å². The smallest absolute Gasteiger partial charge is 0.335 e. The van der Waals surface area contributed by atoms with Crippen molar-refractivity contribution < 1.29 is 29.2 Å². The highest BCUT2D eigenvalue weighted by Crippen LogP contribution is 2.32. The first-order valence-corrected chi connectivity index (χ1v) is 9.64. The molecule has 34 heavy (non-hydrogen) atoms. The monoisotopic (exact) mass is 466 g/mol. The van der Waals surface area contributed by atoms with Crippen LogP contribution < -0.4 is 14.9 Å². The Bertz CT molecular complexity index is 1260. The number of hydrazone groups is 1. The second-order valence-corrected chi connectivity index (χ2v) is 6.76. The molecule has 0 aliphatic rings. The Hall–Kier alpha value is -5.00. The molecular formula is C22H18N4O8. The Labute approximate surface area is 192 Å². The standard InChI is InChI=1S/C22H18N4O8/c1-33-20-4-2-3-16(21(20)34-13-14-5-7-15(8-6-14)22(27)28)12-23-24-18-10-9-17(25(29)30)11-19(18)26(31)32/h2-12,24H,13H2,1H3,(H,27,28)/b23-12-. The van der Waals surface area contributed by atoms with Crippen molar-refractivity contribution in [3.05, 3.63) is 97.6 Å². The number of nitro groups is 2. The molecule has 0 unspecified atom stereocenters. The van der Waals surface area contributed by atoms with Gasteiger partial charge in [0, 0.05) is 11.6 Å². The third-order valence-corrected chi connectivity index (χ3v) is 4.59. The van der Waals surface area contributed by atoms with Crippen LogP contribution >= 0.6 is 0 Å². The fourth-order valence-corrected chi connectivity index (χ4v) is 2.90. The number of carbonyl (C=O) groups is 1. The molecule has 0 atom stereocenters. The Balaban J connectivity index is 1.80. The van der Waals surface area contributed by atoms with Gasteiger partial charge in [-0.25, -0.2) is 4.79 Å². The summed E-state index contributed by atoms with van der Waals surface area (Å²) >= 11 is 0. The van der Waals surface area contributed by atoms with Crippen molar-refractivity contribution in [2.45, 2.75) is 6.61 Å². The lowest BCUT2D eigenvalue weighted by molar-refractivity contribution is -0.393. The van der Waals surface area contributed by atoms with E-state index in [0.717, 1.165) is 17.7 Å². The van der Waals surface area contributed by atoms with E-state index in [-0.39, 0.29) is 17.9 Å². The van der Waals surface area contributed by atoms with Crippen LogP contribution in [0.5, 0.6) is 11.5 Å². The number of ether oxygens (including phenoxy) is 2.